The summed E-state index contributed by atoms with van der Waals surface area (Å²) in [6.07, 6.45) is -4.78. The van der Waals surface area contributed by atoms with Crippen LogP contribution in [0.25, 0.3) is 0 Å². The molecule has 0 radical (unpaired) electrons. The molecule has 0 bridgehead atoms. The number of piperidine rings is 1. The maximum atomic E-state index is 13.2. The van der Waals surface area contributed by atoms with Crippen molar-refractivity contribution in [3.63, 3.8) is 0 Å². The van der Waals surface area contributed by atoms with Crippen molar-refractivity contribution < 1.29 is 32.2 Å². The molecule has 1 aliphatic carbocycles. The number of alkyl halides is 3. The number of carbonyl (C=O) groups excluding carboxylic acids is 2. The largest absolute Gasteiger partial charge is 0.573 e. The number of halogens is 3. The molecule has 3 unspecified atom stereocenters. The minimum absolute atomic E-state index is 0.158. The number of carbonyl (C=O) groups is 2. The molecule has 3 atom stereocenters. The summed E-state index contributed by atoms with van der Waals surface area (Å²) in [5.74, 6) is 0.212. The zero-order valence-electron chi connectivity index (χ0n) is 19.5. The minimum atomic E-state index is -4.78. The number of fused-ring (bicyclic) bond motifs is 1. The summed E-state index contributed by atoms with van der Waals surface area (Å²) in [5, 5.41) is 1.67. The fraction of sp³-hybridized carbons (Fsp3) is 0.542. The van der Waals surface area contributed by atoms with Crippen molar-refractivity contribution in [1.82, 2.24) is 14.8 Å². The van der Waals surface area contributed by atoms with Gasteiger partial charge < -0.3 is 19.3 Å². The van der Waals surface area contributed by atoms with Crippen LogP contribution in [0.15, 0.2) is 35.2 Å². The highest BCUT2D eigenvalue weighted by Gasteiger charge is 2.56. The van der Waals surface area contributed by atoms with Crippen molar-refractivity contribution in [2.45, 2.75) is 26.8 Å². The first kappa shape index (κ1) is 25.4. The zero-order chi connectivity index (χ0) is 25.2. The molecule has 190 valence electrons. The summed E-state index contributed by atoms with van der Waals surface area (Å²) in [6, 6.07) is 5.70. The number of likely N-dealkylation sites (tertiary alicyclic amines) is 1. The van der Waals surface area contributed by atoms with Gasteiger partial charge >= 0.3 is 12.3 Å². The van der Waals surface area contributed by atoms with Crippen LogP contribution in [0.1, 0.15) is 29.9 Å². The van der Waals surface area contributed by atoms with Crippen molar-refractivity contribution in [3.05, 3.63) is 46.4 Å². The van der Waals surface area contributed by atoms with E-state index in [0.29, 0.717) is 48.7 Å². The third kappa shape index (κ3) is 6.52. The molecule has 1 aromatic heterocycles. The Hall–Kier alpha value is -2.66. The average molecular weight is 512 g/mol. The number of aromatic nitrogens is 1. The van der Waals surface area contributed by atoms with Crippen LogP contribution in [0.4, 0.5) is 13.2 Å². The Morgan fingerprint density at radius 2 is 2.03 bits per heavy atom. The molecule has 1 saturated heterocycles. The van der Waals surface area contributed by atoms with Crippen molar-refractivity contribution in [2.75, 3.05) is 32.8 Å². The number of hydrogen-bond donors (Lipinski definition) is 0. The predicted octanol–water partition coefficient (Wildman–Crippen LogP) is 4.06. The van der Waals surface area contributed by atoms with Crippen LogP contribution in [0.5, 0.6) is 5.75 Å². The lowest BCUT2D eigenvalue weighted by atomic mass is 10.1. The molecule has 2 heterocycles. The van der Waals surface area contributed by atoms with Crippen LogP contribution < -0.4 is 4.74 Å². The van der Waals surface area contributed by atoms with Crippen LogP contribution in [0, 0.1) is 23.7 Å². The average Bonchev–Trinajstić information content (AvgIpc) is 3.19. The molecule has 1 amide bonds. The smallest absolute Gasteiger partial charge is 0.466 e. The Morgan fingerprint density at radius 1 is 1.29 bits per heavy atom. The van der Waals surface area contributed by atoms with Gasteiger partial charge in [0.05, 0.1) is 18.0 Å². The highest BCUT2D eigenvalue weighted by Crippen LogP contribution is 2.52. The van der Waals surface area contributed by atoms with Crippen LogP contribution in [-0.2, 0) is 16.1 Å². The lowest BCUT2D eigenvalue weighted by Crippen LogP contribution is -2.37. The molecule has 1 saturated carbocycles. The SMILES string of the molecule is CCOC(=O)C(C)CN1CC2C(C1)C2CN(Cc1cccc(OC(F)(F)F)c1)C(=O)c1cscn1. The number of rotatable bonds is 10. The number of esters is 1. The third-order valence-electron chi connectivity index (χ3n) is 6.54. The Kier molecular flexibility index (Phi) is 7.65. The van der Waals surface area contributed by atoms with Gasteiger partial charge in [-0.1, -0.05) is 19.1 Å². The van der Waals surface area contributed by atoms with Gasteiger partial charge in [0.2, 0.25) is 0 Å². The van der Waals surface area contributed by atoms with Crippen molar-refractivity contribution >= 4 is 23.2 Å². The zero-order valence-corrected chi connectivity index (χ0v) is 20.3. The number of hydrogen-bond acceptors (Lipinski definition) is 7. The first-order valence-electron chi connectivity index (χ1n) is 11.6. The van der Waals surface area contributed by atoms with Crippen LogP contribution in [-0.4, -0.2) is 65.8 Å². The van der Waals surface area contributed by atoms with E-state index in [1.807, 2.05) is 6.92 Å². The summed E-state index contributed by atoms with van der Waals surface area (Å²) in [6.45, 7) is 7.03. The van der Waals surface area contributed by atoms with Gasteiger partial charge in [-0.25, -0.2) is 4.98 Å². The third-order valence-corrected chi connectivity index (χ3v) is 7.13. The van der Waals surface area contributed by atoms with Crippen LogP contribution >= 0.6 is 11.3 Å². The maximum Gasteiger partial charge on any atom is 0.573 e. The molecule has 1 aliphatic heterocycles. The van der Waals surface area contributed by atoms with E-state index in [2.05, 4.69) is 14.6 Å². The van der Waals surface area contributed by atoms with Crippen LogP contribution in [0.2, 0.25) is 0 Å². The Balaban J connectivity index is 1.39. The molecule has 2 fully saturated rings. The molecule has 0 spiro atoms. The summed E-state index contributed by atoms with van der Waals surface area (Å²) < 4.78 is 47.0. The van der Waals surface area contributed by atoms with Crippen molar-refractivity contribution in [1.29, 1.82) is 0 Å². The van der Waals surface area contributed by atoms with E-state index in [1.54, 1.807) is 28.8 Å². The van der Waals surface area contributed by atoms with E-state index in [-0.39, 0.29) is 30.1 Å². The quantitative estimate of drug-likeness (QED) is 0.448. The predicted molar refractivity (Wildman–Crippen MR) is 123 cm³/mol. The van der Waals surface area contributed by atoms with E-state index in [4.69, 9.17) is 4.74 Å². The van der Waals surface area contributed by atoms with Gasteiger partial charge in [-0.05, 0) is 42.4 Å². The maximum absolute atomic E-state index is 13.2. The first-order valence-corrected chi connectivity index (χ1v) is 12.5. The van der Waals surface area contributed by atoms with Gasteiger partial charge in [-0.3, -0.25) is 9.59 Å². The van der Waals surface area contributed by atoms with E-state index in [1.165, 1.54) is 29.5 Å². The number of ether oxygens (including phenoxy) is 2. The molecule has 2 aromatic rings. The van der Waals surface area contributed by atoms with Crippen molar-refractivity contribution in [2.24, 2.45) is 23.7 Å². The number of nitrogens with zero attached hydrogens (tertiary/aromatic N) is 3. The Bertz CT molecular complexity index is 1020. The topological polar surface area (TPSA) is 72.0 Å². The standard InChI is InChI=1S/C24H28F3N3O4S/c1-3-33-23(32)15(2)8-29-10-18-19(11-29)20(18)12-30(22(31)21-13-35-14-28-21)9-16-5-4-6-17(7-16)34-24(25,26)27/h4-7,13-15,18-20H,3,8-12H2,1-2H3. The Labute approximate surface area is 205 Å². The van der Waals surface area contributed by atoms with Gasteiger partial charge in [-0.15, -0.1) is 24.5 Å². The normalized spacial score (nSPS) is 22.4. The lowest BCUT2D eigenvalue weighted by Gasteiger charge is -2.26. The number of benzene rings is 1. The first-order chi connectivity index (χ1) is 16.6. The molecular weight excluding hydrogens is 483 g/mol. The van der Waals surface area contributed by atoms with Crippen molar-refractivity contribution in [3.8, 4) is 5.75 Å². The second-order valence-electron chi connectivity index (χ2n) is 9.12. The second-order valence-corrected chi connectivity index (χ2v) is 9.84. The molecule has 4 rings (SSSR count). The van der Waals surface area contributed by atoms with Gasteiger partial charge in [0, 0.05) is 38.1 Å². The van der Waals surface area contributed by atoms with Gasteiger partial charge in [0.1, 0.15) is 11.4 Å². The fourth-order valence-electron chi connectivity index (χ4n) is 4.92. The molecule has 35 heavy (non-hydrogen) atoms. The van der Waals surface area contributed by atoms with E-state index in [0.717, 1.165) is 13.1 Å². The highest BCUT2D eigenvalue weighted by molar-refractivity contribution is 7.07. The van der Waals surface area contributed by atoms with E-state index in [9.17, 15) is 22.8 Å². The minimum Gasteiger partial charge on any atom is -0.466 e. The molecular formula is C24H28F3N3O4S. The number of thiazole rings is 1. The summed E-state index contributed by atoms with van der Waals surface area (Å²) in [4.78, 5) is 33.1. The van der Waals surface area contributed by atoms with E-state index < -0.39 is 6.36 Å². The monoisotopic (exact) mass is 511 g/mol. The number of amides is 1. The molecule has 1 aromatic carbocycles. The molecule has 0 N–H and O–H groups in total. The fourth-order valence-corrected chi connectivity index (χ4v) is 5.44. The summed E-state index contributed by atoms with van der Waals surface area (Å²) in [5.41, 5.74) is 2.46. The van der Waals surface area contributed by atoms with Crippen LogP contribution in [0.3, 0.4) is 0 Å². The molecule has 2 aliphatic rings. The molecule has 7 nitrogen and oxygen atoms in total. The van der Waals surface area contributed by atoms with Gasteiger partial charge in [0.25, 0.3) is 5.91 Å². The molecule has 11 heteroatoms. The summed E-state index contributed by atoms with van der Waals surface area (Å²) in [7, 11) is 0. The summed E-state index contributed by atoms with van der Waals surface area (Å²) >= 11 is 1.32. The lowest BCUT2D eigenvalue weighted by molar-refractivity contribution is -0.274. The van der Waals surface area contributed by atoms with E-state index >= 15 is 0 Å². The second kappa shape index (κ2) is 10.5. The highest BCUT2D eigenvalue weighted by atomic mass is 32.1. The van der Waals surface area contributed by atoms with Gasteiger partial charge in [0.15, 0.2) is 0 Å². The Morgan fingerprint density at radius 3 is 2.66 bits per heavy atom. The van der Waals surface area contributed by atoms with Gasteiger partial charge in [-0.2, -0.15) is 0 Å².